The minimum absolute atomic E-state index is 0.125. The second-order valence-corrected chi connectivity index (χ2v) is 41.6. The van der Waals surface area contributed by atoms with Crippen LogP contribution in [0.1, 0.15) is 199 Å². The summed E-state index contributed by atoms with van der Waals surface area (Å²) in [6.45, 7) is 23.9. The number of fused-ring (bicyclic) bond motifs is 5. The molecule has 778 valence electrons. The molecule has 9 fully saturated rings. The lowest BCUT2D eigenvalue weighted by molar-refractivity contribution is 0.0203. The summed E-state index contributed by atoms with van der Waals surface area (Å²) in [5.74, 6) is 8.42. The molecule has 0 spiro atoms. The standard InChI is InChI=1S/C33H44N6O4.C27H34N6O2.C26H31N5O4.C25H27N7O3/c1-33(2,3)43-32(40)39-14-9-24(10-15-39)27-8-11-35-30(37-27)20-23-4-6-26(7-5-23)42-29-22-25(38-16-18-41-19-17-38)21-28-31(29)36-13-12-34-28;1-32-9-6-20-17-30-26(31-24(20)18-32)14-19-2-4-22(5-3-19)35-25-16-21(33-10-12-34-13-11-33)15-23-27(25)29-8-7-28-23;1-17-13-22(26(32)33-2)30-24(29-17)14-18-3-5-20(6-4-18)35-23-16-19(31-9-11-34-12-10-31)15-21-25(23)28-8-7-27-21;1-3-20(4-2-17(1)11-18-12-22(29-15-28-18)25-31-30-16-34-25)35-23-14-19(32-7-9-33-10-8-32)13-21-24(23)27-6-5-26-21/h8,11-13,21-24,26H,4-7,9-10,14-20H2,1-3H3;7-8,15-17,19,22H,2-6,9-14,18H2,1H3;7-8,13,15-16,18,20H,3-6,9-12,14H2,1-2H3;5-6,12-17,20H,1-4,7-11H2. The summed E-state index contributed by atoms with van der Waals surface area (Å²) >= 11 is 0. The number of aromatic nitrogens is 18. The minimum Gasteiger partial charge on any atom is -0.488 e. The van der Waals surface area contributed by atoms with Crippen molar-refractivity contribution in [2.45, 2.75) is 218 Å². The van der Waals surface area contributed by atoms with Gasteiger partial charge in [0.05, 0.1) is 112 Å². The number of likely N-dealkylation sites (tertiary alicyclic amines) is 1. The van der Waals surface area contributed by atoms with Gasteiger partial charge in [-0.1, -0.05) is 0 Å². The number of benzene rings is 4. The van der Waals surface area contributed by atoms with E-state index in [9.17, 15) is 9.59 Å². The molecule has 0 radical (unpaired) electrons. The van der Waals surface area contributed by atoms with E-state index in [1.54, 1.807) is 62.0 Å². The number of likely N-dealkylation sites (N-methyl/N-ethyl adjacent to an activating group) is 1. The van der Waals surface area contributed by atoms with E-state index < -0.39 is 11.6 Å². The lowest BCUT2D eigenvalue weighted by atomic mass is 9.84. The van der Waals surface area contributed by atoms with Crippen molar-refractivity contribution in [3.63, 3.8) is 0 Å². The highest BCUT2D eigenvalue weighted by atomic mass is 16.6. The zero-order chi connectivity index (χ0) is 101. The molecule has 0 unspecified atom stereocenters. The summed E-state index contributed by atoms with van der Waals surface area (Å²) in [4.78, 5) is 111. The number of rotatable bonds is 23. The lowest BCUT2D eigenvalue weighted by Crippen LogP contribution is -2.41. The van der Waals surface area contributed by atoms with E-state index in [0.717, 1.165) is 385 Å². The molecular formula is C111H136N24O13. The molecule has 37 heteroatoms. The highest BCUT2D eigenvalue weighted by molar-refractivity contribution is 5.89. The van der Waals surface area contributed by atoms with Crippen LogP contribution in [-0.2, 0) is 67.1 Å². The Hall–Kier alpha value is -13.4. The number of anilines is 4. The van der Waals surface area contributed by atoms with Crippen LogP contribution in [0.25, 0.3) is 55.7 Å². The maximum atomic E-state index is 12.5. The van der Waals surface area contributed by atoms with E-state index in [2.05, 4.69) is 161 Å². The van der Waals surface area contributed by atoms with E-state index in [-0.39, 0.29) is 30.5 Å². The fraction of sp³-hybridized carbons (Fsp3) is 0.532. The molecule has 4 aromatic carbocycles. The second kappa shape index (κ2) is 48.7. The maximum Gasteiger partial charge on any atom is 0.410 e. The Morgan fingerprint density at radius 1 is 0.412 bits per heavy atom. The van der Waals surface area contributed by atoms with Gasteiger partial charge in [0.2, 0.25) is 6.39 Å². The first-order valence-electron chi connectivity index (χ1n) is 53.2. The van der Waals surface area contributed by atoms with Crippen molar-refractivity contribution in [1.29, 1.82) is 0 Å². The van der Waals surface area contributed by atoms with Crippen LogP contribution in [0.2, 0.25) is 0 Å². The summed E-state index contributed by atoms with van der Waals surface area (Å²) in [5, 5.41) is 7.67. The van der Waals surface area contributed by atoms with Gasteiger partial charge in [0.25, 0.3) is 5.89 Å². The summed E-state index contributed by atoms with van der Waals surface area (Å²) in [6.07, 6.45) is 44.1. The van der Waals surface area contributed by atoms with Crippen LogP contribution >= 0.6 is 0 Å². The van der Waals surface area contributed by atoms with E-state index in [1.165, 1.54) is 24.8 Å². The van der Waals surface area contributed by atoms with Crippen molar-refractivity contribution in [2.24, 2.45) is 23.7 Å². The SMILES string of the molecule is CC(C)(C)OC(=O)N1CCC(c2ccnc(CC3CCC(Oc4cc(N5CCOCC5)cc5nccnc45)CC3)n2)CC1.CN1CCc2cnc(CC3CCC(Oc4cc(N5CCOCC5)cc5nccnc45)CC3)nc2C1.COC(=O)c1cc(C)nc(CC2CCC(Oc3cc(N4CCOCC4)cc4nccnc34)CC2)n1.c1nc(CC2CCC(Oc3cc(N4CCOCC4)cc4nccnc34)CC2)cc(-c2nnco2)n1. The Bertz CT molecular complexity index is 6590. The third-order valence-electron chi connectivity index (χ3n) is 29.9. The summed E-state index contributed by atoms with van der Waals surface area (Å²) < 4.78 is 64.0. The number of amides is 1. The average Bonchev–Trinajstić information content (AvgIpc) is 0.840. The van der Waals surface area contributed by atoms with Gasteiger partial charge in [0.15, 0.2) is 5.69 Å². The molecule has 15 heterocycles. The molecule has 0 atom stereocenters. The van der Waals surface area contributed by atoms with Gasteiger partial charge in [0.1, 0.15) is 80.2 Å². The number of morpholine rings is 4. The van der Waals surface area contributed by atoms with Crippen LogP contribution in [0, 0.1) is 30.6 Å². The van der Waals surface area contributed by atoms with Crippen molar-refractivity contribution in [1.82, 2.24) is 99.7 Å². The number of methoxy groups -OCH3 is 1. The number of hydrogen-bond acceptors (Lipinski definition) is 36. The summed E-state index contributed by atoms with van der Waals surface area (Å²) in [6, 6.07) is 22.6. The van der Waals surface area contributed by atoms with Gasteiger partial charge in [-0.05, 0) is 235 Å². The van der Waals surface area contributed by atoms with Crippen LogP contribution in [0.5, 0.6) is 23.0 Å². The Balaban J connectivity index is 0.000000120. The molecule has 148 heavy (non-hydrogen) atoms. The smallest absolute Gasteiger partial charge is 0.410 e. The van der Waals surface area contributed by atoms with Crippen molar-refractivity contribution in [3.05, 3.63) is 193 Å². The van der Waals surface area contributed by atoms with Gasteiger partial charge in [-0.15, -0.1) is 10.2 Å². The molecule has 37 nitrogen and oxygen atoms in total. The third kappa shape index (κ3) is 26.8. The zero-order valence-electron chi connectivity index (χ0n) is 85.9. The number of aryl methyl sites for hydroxylation is 1. The Morgan fingerprint density at radius 3 is 1.24 bits per heavy atom. The zero-order valence-corrected chi connectivity index (χ0v) is 85.9. The van der Waals surface area contributed by atoms with Gasteiger partial charge in [-0.25, -0.2) is 69.4 Å². The van der Waals surface area contributed by atoms with E-state index >= 15 is 0 Å². The number of nitrogens with zero attached hydrogens (tertiary/aromatic N) is 24. The van der Waals surface area contributed by atoms with Gasteiger partial charge < -0.3 is 81.2 Å². The Kier molecular flexibility index (Phi) is 33.5. The molecule has 4 aliphatic carbocycles. The van der Waals surface area contributed by atoms with Crippen LogP contribution in [0.15, 0.2) is 146 Å². The maximum absolute atomic E-state index is 12.5. The fourth-order valence-electron chi connectivity index (χ4n) is 21.9. The molecule has 5 saturated heterocycles. The fourth-order valence-corrected chi connectivity index (χ4v) is 21.9. The Morgan fingerprint density at radius 2 is 0.824 bits per heavy atom. The van der Waals surface area contributed by atoms with Gasteiger partial charge in [0, 0.05) is 230 Å². The largest absolute Gasteiger partial charge is 0.488 e. The first-order chi connectivity index (χ1) is 72.4. The molecule has 10 aliphatic rings. The quantitative estimate of drug-likeness (QED) is 0.0537. The molecule has 9 aromatic heterocycles. The molecule has 13 aromatic rings. The summed E-state index contributed by atoms with van der Waals surface area (Å²) in [7, 11) is 3.53. The average molecular weight is 2010 g/mol. The first kappa shape index (κ1) is 102. The van der Waals surface area contributed by atoms with E-state index in [4.69, 9.17) is 66.7 Å². The second-order valence-electron chi connectivity index (χ2n) is 41.6. The van der Waals surface area contributed by atoms with E-state index in [1.807, 2.05) is 50.9 Å². The molecular weight excluding hydrogens is 1880 g/mol. The van der Waals surface area contributed by atoms with Crippen LogP contribution in [0.4, 0.5) is 27.5 Å². The van der Waals surface area contributed by atoms with Crippen LogP contribution in [-0.4, -0.2) is 281 Å². The first-order valence-corrected chi connectivity index (χ1v) is 53.2. The predicted octanol–water partition coefficient (Wildman–Crippen LogP) is 16.0. The molecule has 23 rings (SSSR count). The molecule has 0 bridgehead atoms. The van der Waals surface area contributed by atoms with Gasteiger partial charge in [-0.3, -0.25) is 19.9 Å². The Labute approximate surface area is 863 Å². The minimum atomic E-state index is -0.474. The number of carbonyl (C=O) groups excluding carboxylic acids is 2. The highest BCUT2D eigenvalue weighted by Gasteiger charge is 2.35. The van der Waals surface area contributed by atoms with Crippen molar-refractivity contribution in [2.75, 3.05) is 159 Å². The van der Waals surface area contributed by atoms with Crippen LogP contribution < -0.4 is 38.5 Å². The van der Waals surface area contributed by atoms with Crippen molar-refractivity contribution >= 4 is 78.9 Å². The number of ether oxygens (including phenoxy) is 10. The number of esters is 1. The summed E-state index contributed by atoms with van der Waals surface area (Å²) in [5.41, 5.74) is 17.1. The number of piperidine rings is 1. The van der Waals surface area contributed by atoms with Crippen molar-refractivity contribution in [3.8, 4) is 34.6 Å². The topological polar surface area (TPSA) is 391 Å². The third-order valence-corrected chi connectivity index (χ3v) is 29.9. The normalized spacial score (nSPS) is 21.7. The van der Waals surface area contributed by atoms with Gasteiger partial charge in [-0.2, -0.15) is 0 Å². The molecule has 6 aliphatic heterocycles. The van der Waals surface area contributed by atoms with Gasteiger partial charge >= 0.3 is 12.1 Å². The van der Waals surface area contributed by atoms with Crippen LogP contribution in [0.3, 0.4) is 0 Å². The predicted molar refractivity (Wildman–Crippen MR) is 558 cm³/mol. The number of hydrogen-bond donors (Lipinski definition) is 0. The molecule has 0 N–H and O–H groups in total. The molecule has 1 amide bonds. The highest BCUT2D eigenvalue weighted by Crippen LogP contribution is 2.42. The lowest BCUT2D eigenvalue weighted by Gasteiger charge is -2.33. The van der Waals surface area contributed by atoms with E-state index in [0.29, 0.717) is 65.8 Å². The number of carbonyl (C=O) groups is 2. The molecule has 4 saturated carbocycles. The monoisotopic (exact) mass is 2010 g/mol. The van der Waals surface area contributed by atoms with Crippen molar-refractivity contribution < 1.29 is 61.4 Å².